The number of halogens is 6. The molecule has 1 aliphatic rings. The van der Waals surface area contributed by atoms with Crippen molar-refractivity contribution in [3.05, 3.63) is 58.7 Å². The van der Waals surface area contributed by atoms with Gasteiger partial charge in [-0.05, 0) is 49.2 Å². The quantitative estimate of drug-likeness (QED) is 0.278. The molecule has 1 saturated carbocycles. The van der Waals surface area contributed by atoms with Crippen molar-refractivity contribution in [1.29, 1.82) is 10.5 Å². The fourth-order valence-corrected chi connectivity index (χ4v) is 3.51. The number of alkyl halides is 6. The van der Waals surface area contributed by atoms with Gasteiger partial charge < -0.3 is 0 Å². The second-order valence-corrected chi connectivity index (χ2v) is 7.50. The van der Waals surface area contributed by atoms with Crippen molar-refractivity contribution in [3.63, 3.8) is 0 Å². The van der Waals surface area contributed by atoms with Crippen molar-refractivity contribution < 1.29 is 31.1 Å². The molecule has 2 aromatic carbocycles. The third kappa shape index (κ3) is 5.34. The van der Waals surface area contributed by atoms with Gasteiger partial charge in [0.25, 0.3) is 5.91 Å². The van der Waals surface area contributed by atoms with Gasteiger partial charge in [0.1, 0.15) is 17.8 Å². The van der Waals surface area contributed by atoms with Crippen LogP contribution in [0.3, 0.4) is 0 Å². The van der Waals surface area contributed by atoms with Gasteiger partial charge in [-0.2, -0.15) is 41.9 Å². The highest BCUT2D eigenvalue weighted by Crippen LogP contribution is 2.37. The number of nitrogens with zero attached hydrogens (tertiary/aromatic N) is 5. The lowest BCUT2D eigenvalue weighted by Crippen LogP contribution is -2.31. The van der Waals surface area contributed by atoms with Gasteiger partial charge in [-0.1, -0.05) is 18.1 Å². The molecule has 2 aromatic rings. The average molecular weight is 479 g/mol. The van der Waals surface area contributed by atoms with Crippen LogP contribution >= 0.6 is 0 Å². The summed E-state index contributed by atoms with van der Waals surface area (Å²) >= 11 is 0. The Labute approximate surface area is 189 Å². The van der Waals surface area contributed by atoms with Crippen LogP contribution < -0.4 is 5.01 Å². The van der Waals surface area contributed by atoms with Gasteiger partial charge >= 0.3 is 12.4 Å². The minimum absolute atomic E-state index is 0.297. The third-order valence-electron chi connectivity index (χ3n) is 5.27. The van der Waals surface area contributed by atoms with E-state index < -0.39 is 46.7 Å². The maximum atomic E-state index is 13.3. The molecule has 0 radical (unpaired) electrons. The van der Waals surface area contributed by atoms with Crippen LogP contribution in [0.25, 0.3) is 0 Å². The van der Waals surface area contributed by atoms with Gasteiger partial charge in [0.15, 0.2) is 0 Å². The number of benzene rings is 2. The second kappa shape index (κ2) is 9.51. The molecule has 0 bridgehead atoms. The Bertz CT molecular complexity index is 1200. The van der Waals surface area contributed by atoms with Crippen molar-refractivity contribution >= 4 is 17.3 Å². The molecule has 0 N–H and O–H groups in total. The largest absolute Gasteiger partial charge is 0.416 e. The number of hydrogen-bond donors (Lipinski definition) is 0. The highest BCUT2D eigenvalue weighted by Gasteiger charge is 2.35. The first kappa shape index (κ1) is 24.7. The number of carbonyl (C=O) groups excluding carboxylic acids is 1. The number of hydrogen-bond acceptors (Lipinski definition) is 5. The number of anilines is 1. The van der Waals surface area contributed by atoms with Gasteiger partial charge in [-0.15, -0.1) is 5.11 Å². The Hall–Kier alpha value is -3.93. The summed E-state index contributed by atoms with van der Waals surface area (Å²) in [5, 5.41) is 26.3. The highest BCUT2D eigenvalue weighted by molar-refractivity contribution is 5.95. The van der Waals surface area contributed by atoms with Gasteiger partial charge in [-0.3, -0.25) is 4.79 Å². The van der Waals surface area contributed by atoms with Crippen LogP contribution in [-0.4, -0.2) is 5.91 Å². The zero-order valence-corrected chi connectivity index (χ0v) is 17.3. The summed E-state index contributed by atoms with van der Waals surface area (Å²) in [5.41, 5.74) is -3.95. The molecule has 0 heterocycles. The van der Waals surface area contributed by atoms with Crippen LogP contribution in [-0.2, 0) is 17.1 Å². The van der Waals surface area contributed by atoms with E-state index in [1.54, 1.807) is 12.1 Å². The van der Waals surface area contributed by atoms with E-state index in [1.807, 2.05) is 0 Å². The van der Waals surface area contributed by atoms with Crippen LogP contribution in [0.5, 0.6) is 0 Å². The lowest BCUT2D eigenvalue weighted by Gasteiger charge is -2.21. The normalized spacial score (nSPS) is 14.7. The number of rotatable bonds is 4. The molecule has 12 heteroatoms. The molecule has 34 heavy (non-hydrogen) atoms. The SMILES string of the molecule is N#Cc1ccc(C(F)(F)F)cc1N=NN(C(=O)C1CCCC1)c1cc(C(F)(F)F)ccc1C#N. The van der Waals surface area contributed by atoms with Crippen molar-refractivity contribution in [2.24, 2.45) is 16.3 Å². The van der Waals surface area contributed by atoms with Crippen LogP contribution in [0.2, 0.25) is 0 Å². The summed E-state index contributed by atoms with van der Waals surface area (Å²) in [7, 11) is 0. The van der Waals surface area contributed by atoms with Gasteiger partial charge in [0, 0.05) is 5.92 Å². The summed E-state index contributed by atoms with van der Waals surface area (Å²) < 4.78 is 79.2. The van der Waals surface area contributed by atoms with Crippen LogP contribution in [0.4, 0.5) is 37.7 Å². The molecule has 0 spiro atoms. The first-order valence-electron chi connectivity index (χ1n) is 9.94. The maximum Gasteiger partial charge on any atom is 0.416 e. The van der Waals surface area contributed by atoms with E-state index in [0.29, 0.717) is 55.0 Å². The van der Waals surface area contributed by atoms with E-state index in [1.165, 1.54) is 0 Å². The lowest BCUT2D eigenvalue weighted by atomic mass is 10.0. The van der Waals surface area contributed by atoms with Crippen molar-refractivity contribution in [2.45, 2.75) is 38.0 Å². The third-order valence-corrected chi connectivity index (χ3v) is 5.27. The summed E-state index contributed by atoms with van der Waals surface area (Å²) in [6.07, 6.45) is -7.30. The molecule has 1 amide bonds. The number of nitriles is 2. The average Bonchev–Trinajstić information content (AvgIpc) is 3.32. The Morgan fingerprint density at radius 1 is 0.882 bits per heavy atom. The smallest absolute Gasteiger partial charge is 0.272 e. The predicted molar refractivity (Wildman–Crippen MR) is 106 cm³/mol. The van der Waals surface area contributed by atoms with Crippen LogP contribution in [0, 0.1) is 28.6 Å². The highest BCUT2D eigenvalue weighted by atomic mass is 19.4. The standard InChI is InChI=1S/C22H15F6N5O/c23-21(24,25)16-7-5-14(11-29)18(9-16)31-32-33(20(34)13-3-1-2-4-13)19-10-17(22(26,27)28)8-6-15(19)12-30/h5-10,13H,1-4H2. The van der Waals surface area contributed by atoms with Crippen molar-refractivity contribution in [2.75, 3.05) is 5.01 Å². The molecule has 1 fully saturated rings. The molecule has 0 aromatic heterocycles. The zero-order valence-electron chi connectivity index (χ0n) is 17.3. The zero-order chi connectivity index (χ0) is 25.1. The molecule has 176 valence electrons. The van der Waals surface area contributed by atoms with Gasteiger partial charge in [0.2, 0.25) is 0 Å². The summed E-state index contributed by atoms with van der Waals surface area (Å²) in [5.74, 6) is -1.36. The molecular weight excluding hydrogens is 464 g/mol. The fourth-order valence-electron chi connectivity index (χ4n) is 3.51. The lowest BCUT2D eigenvalue weighted by molar-refractivity contribution is -0.138. The second-order valence-electron chi connectivity index (χ2n) is 7.50. The first-order valence-corrected chi connectivity index (χ1v) is 9.94. The van der Waals surface area contributed by atoms with E-state index in [-0.39, 0.29) is 11.1 Å². The minimum Gasteiger partial charge on any atom is -0.272 e. The van der Waals surface area contributed by atoms with Gasteiger partial charge in [0.05, 0.1) is 27.9 Å². The summed E-state index contributed by atoms with van der Waals surface area (Å²) in [6.45, 7) is 0. The Morgan fingerprint density at radius 2 is 1.41 bits per heavy atom. The molecule has 0 saturated heterocycles. The molecule has 1 aliphatic carbocycles. The Morgan fingerprint density at radius 3 is 1.94 bits per heavy atom. The fraction of sp³-hybridized carbons (Fsp3) is 0.318. The monoisotopic (exact) mass is 479 g/mol. The van der Waals surface area contributed by atoms with Crippen LogP contribution in [0.15, 0.2) is 46.7 Å². The van der Waals surface area contributed by atoms with E-state index in [9.17, 15) is 41.7 Å². The molecule has 0 unspecified atom stereocenters. The van der Waals surface area contributed by atoms with E-state index in [4.69, 9.17) is 0 Å². The van der Waals surface area contributed by atoms with Crippen molar-refractivity contribution in [1.82, 2.24) is 0 Å². The minimum atomic E-state index is -4.79. The van der Waals surface area contributed by atoms with Crippen molar-refractivity contribution in [3.8, 4) is 12.1 Å². The first-order chi connectivity index (χ1) is 16.0. The molecule has 0 atom stereocenters. The van der Waals surface area contributed by atoms with E-state index in [2.05, 4.69) is 10.3 Å². The Balaban J connectivity index is 2.15. The maximum absolute atomic E-state index is 13.3. The molecule has 3 rings (SSSR count). The van der Waals surface area contributed by atoms with Gasteiger partial charge in [-0.25, -0.2) is 0 Å². The van der Waals surface area contributed by atoms with Crippen LogP contribution in [0.1, 0.15) is 47.9 Å². The topological polar surface area (TPSA) is 92.6 Å². The summed E-state index contributed by atoms with van der Waals surface area (Å²) in [6, 6.07) is 7.50. The van der Waals surface area contributed by atoms with E-state index >= 15 is 0 Å². The van der Waals surface area contributed by atoms with E-state index in [0.717, 1.165) is 12.1 Å². The Kier molecular flexibility index (Phi) is 6.91. The summed E-state index contributed by atoms with van der Waals surface area (Å²) in [4.78, 5) is 13.1. The molecular formula is C22H15F6N5O. The molecule has 0 aliphatic heterocycles. The number of carbonyl (C=O) groups is 1. The molecule has 6 nitrogen and oxygen atoms in total. The predicted octanol–water partition coefficient (Wildman–Crippen LogP) is 6.69. The number of amides is 1.